The van der Waals surface area contributed by atoms with Crippen molar-refractivity contribution in [3.05, 3.63) is 0 Å². The van der Waals surface area contributed by atoms with Gasteiger partial charge in [0.2, 0.25) is 0 Å². The minimum absolute atomic E-state index is 0.0809. The summed E-state index contributed by atoms with van der Waals surface area (Å²) in [6.45, 7) is 3.69. The van der Waals surface area contributed by atoms with Crippen LogP contribution in [0.15, 0.2) is 5.16 Å². The van der Waals surface area contributed by atoms with Crippen LogP contribution in [0.3, 0.4) is 0 Å². The molecule has 1 aliphatic heterocycles. The van der Waals surface area contributed by atoms with Crippen LogP contribution in [0.2, 0.25) is 0 Å². The van der Waals surface area contributed by atoms with Crippen LogP contribution in [0, 0.1) is 5.92 Å². The highest BCUT2D eigenvalue weighted by molar-refractivity contribution is 5.82. The van der Waals surface area contributed by atoms with Gasteiger partial charge in [0.15, 0.2) is 0 Å². The Bertz CT molecular complexity index is 327. The average molecular weight is 269 g/mol. The van der Waals surface area contributed by atoms with Crippen molar-refractivity contribution in [2.24, 2.45) is 16.8 Å². The van der Waals surface area contributed by atoms with Gasteiger partial charge in [-0.3, -0.25) is 0 Å². The molecule has 2 rings (SSSR count). The molecular weight excluding hydrogens is 242 g/mol. The maximum absolute atomic E-state index is 8.72. The van der Waals surface area contributed by atoms with Crippen molar-refractivity contribution >= 4 is 5.84 Å². The Morgan fingerprint density at radius 3 is 2.84 bits per heavy atom. The summed E-state index contributed by atoms with van der Waals surface area (Å²) in [6, 6.07) is 0.556. The van der Waals surface area contributed by atoms with Crippen molar-refractivity contribution in [2.45, 2.75) is 57.1 Å². The highest BCUT2D eigenvalue weighted by atomic mass is 16.5. The summed E-state index contributed by atoms with van der Waals surface area (Å²) >= 11 is 0. The molecule has 1 heterocycles. The molecule has 2 aliphatic rings. The number of ether oxygens (including phenoxy) is 1. The van der Waals surface area contributed by atoms with E-state index in [1.807, 2.05) is 6.92 Å². The van der Waals surface area contributed by atoms with E-state index in [1.54, 1.807) is 0 Å². The van der Waals surface area contributed by atoms with Gasteiger partial charge < -0.3 is 20.6 Å². The van der Waals surface area contributed by atoms with Crippen LogP contribution < -0.4 is 5.73 Å². The lowest BCUT2D eigenvalue weighted by Crippen LogP contribution is -2.48. The Kier molecular flexibility index (Phi) is 4.68. The van der Waals surface area contributed by atoms with Crippen molar-refractivity contribution in [2.75, 3.05) is 20.2 Å². The zero-order chi connectivity index (χ0) is 13.9. The molecule has 0 aromatic heterocycles. The molecule has 5 nitrogen and oxygen atoms in total. The summed E-state index contributed by atoms with van der Waals surface area (Å²) in [7, 11) is 2.14. The number of hydrogen-bond donors (Lipinski definition) is 2. The topological polar surface area (TPSA) is 71.1 Å². The van der Waals surface area contributed by atoms with E-state index in [-0.39, 0.29) is 11.5 Å². The maximum atomic E-state index is 8.72. The second-order valence-corrected chi connectivity index (χ2v) is 6.25. The zero-order valence-electron chi connectivity index (χ0n) is 12.1. The number of hydrogen-bond acceptors (Lipinski definition) is 4. The normalized spacial score (nSPS) is 29.0. The summed E-state index contributed by atoms with van der Waals surface area (Å²) < 4.78 is 6.07. The van der Waals surface area contributed by atoms with Crippen LogP contribution in [-0.2, 0) is 4.74 Å². The summed E-state index contributed by atoms with van der Waals surface area (Å²) in [5.74, 6) is 0.395. The van der Waals surface area contributed by atoms with Crippen LogP contribution in [0.1, 0.15) is 45.4 Å². The molecule has 1 spiro atoms. The third-order valence-electron chi connectivity index (χ3n) is 4.79. The van der Waals surface area contributed by atoms with Gasteiger partial charge >= 0.3 is 0 Å². The fourth-order valence-corrected chi connectivity index (χ4v) is 3.52. The van der Waals surface area contributed by atoms with Crippen LogP contribution in [0.25, 0.3) is 0 Å². The molecule has 1 saturated heterocycles. The quantitative estimate of drug-likeness (QED) is 0.353. The number of nitrogens with zero attached hydrogens (tertiary/aromatic N) is 2. The first-order chi connectivity index (χ1) is 9.06. The molecule has 3 N–H and O–H groups in total. The zero-order valence-corrected chi connectivity index (χ0v) is 12.1. The fourth-order valence-electron chi connectivity index (χ4n) is 3.52. The van der Waals surface area contributed by atoms with Crippen molar-refractivity contribution in [1.82, 2.24) is 4.90 Å². The van der Waals surface area contributed by atoms with E-state index in [1.165, 1.54) is 25.7 Å². The SMILES string of the molecule is CC(CN(C)C1CCOC2(CCCC2)C1)C(N)=NO. The predicted octanol–water partition coefficient (Wildman–Crippen LogP) is 1.79. The van der Waals surface area contributed by atoms with Gasteiger partial charge in [0.05, 0.1) is 5.60 Å². The lowest BCUT2D eigenvalue weighted by molar-refractivity contribution is -0.0992. The van der Waals surface area contributed by atoms with Crippen molar-refractivity contribution in [3.63, 3.8) is 0 Å². The standard InChI is InChI=1S/C14H27N3O2/c1-11(13(15)16-18)10-17(2)12-5-8-19-14(9-12)6-3-4-7-14/h11-12,18H,3-10H2,1-2H3,(H2,15,16). The molecule has 110 valence electrons. The van der Waals surface area contributed by atoms with Gasteiger partial charge in [0.25, 0.3) is 0 Å². The molecule has 2 unspecified atom stereocenters. The molecule has 5 heteroatoms. The lowest BCUT2D eigenvalue weighted by atomic mass is 9.88. The van der Waals surface area contributed by atoms with Crippen LogP contribution >= 0.6 is 0 Å². The molecule has 19 heavy (non-hydrogen) atoms. The minimum atomic E-state index is 0.0809. The van der Waals surface area contributed by atoms with Crippen molar-refractivity contribution in [1.29, 1.82) is 0 Å². The highest BCUT2D eigenvalue weighted by Crippen LogP contribution is 2.41. The number of oxime groups is 1. The van der Waals surface area contributed by atoms with Gasteiger partial charge in [-0.2, -0.15) is 0 Å². The Labute approximate surface area is 115 Å². The molecule has 2 fully saturated rings. The molecular formula is C14H27N3O2. The summed E-state index contributed by atoms with van der Waals surface area (Å²) in [4.78, 5) is 2.35. The maximum Gasteiger partial charge on any atom is 0.143 e. The van der Waals surface area contributed by atoms with E-state index in [0.29, 0.717) is 11.9 Å². The Balaban J connectivity index is 1.90. The molecule has 1 aliphatic carbocycles. The first-order valence-electron chi connectivity index (χ1n) is 7.38. The van der Waals surface area contributed by atoms with E-state index in [9.17, 15) is 0 Å². The molecule has 0 aromatic rings. The summed E-state index contributed by atoms with van der Waals surface area (Å²) in [6.07, 6.45) is 7.25. The van der Waals surface area contributed by atoms with Gasteiger partial charge in [0.1, 0.15) is 5.84 Å². The first kappa shape index (κ1) is 14.6. The van der Waals surface area contributed by atoms with Crippen LogP contribution in [0.5, 0.6) is 0 Å². The number of nitrogens with two attached hydrogens (primary N) is 1. The van der Waals surface area contributed by atoms with E-state index >= 15 is 0 Å². The monoisotopic (exact) mass is 269 g/mol. The molecule has 0 aromatic carbocycles. The van der Waals surface area contributed by atoms with E-state index in [2.05, 4.69) is 17.1 Å². The first-order valence-corrected chi connectivity index (χ1v) is 7.38. The van der Waals surface area contributed by atoms with E-state index < -0.39 is 0 Å². The average Bonchev–Trinajstić information content (AvgIpc) is 2.85. The molecule has 0 bridgehead atoms. The number of amidine groups is 1. The third kappa shape index (κ3) is 3.39. The van der Waals surface area contributed by atoms with Gasteiger partial charge in [-0.15, -0.1) is 0 Å². The van der Waals surface area contributed by atoms with Crippen LogP contribution in [-0.4, -0.2) is 47.8 Å². The van der Waals surface area contributed by atoms with Crippen LogP contribution in [0.4, 0.5) is 0 Å². The second kappa shape index (κ2) is 6.09. The minimum Gasteiger partial charge on any atom is -0.409 e. The van der Waals surface area contributed by atoms with Gasteiger partial charge in [-0.25, -0.2) is 0 Å². The van der Waals surface area contributed by atoms with E-state index in [4.69, 9.17) is 15.7 Å². The molecule has 2 atom stereocenters. The summed E-state index contributed by atoms with van der Waals surface area (Å²) in [5, 5.41) is 11.8. The van der Waals surface area contributed by atoms with Gasteiger partial charge in [-0.1, -0.05) is 24.9 Å². The smallest absolute Gasteiger partial charge is 0.143 e. The third-order valence-corrected chi connectivity index (χ3v) is 4.79. The lowest BCUT2D eigenvalue weighted by Gasteiger charge is -2.42. The number of rotatable bonds is 4. The molecule has 0 amide bonds. The Hall–Kier alpha value is -0.810. The fraction of sp³-hybridized carbons (Fsp3) is 0.929. The highest BCUT2D eigenvalue weighted by Gasteiger charge is 2.40. The largest absolute Gasteiger partial charge is 0.409 e. The molecule has 0 radical (unpaired) electrons. The van der Waals surface area contributed by atoms with E-state index in [0.717, 1.165) is 26.0 Å². The van der Waals surface area contributed by atoms with Crippen molar-refractivity contribution in [3.8, 4) is 0 Å². The van der Waals surface area contributed by atoms with Gasteiger partial charge in [0, 0.05) is 25.1 Å². The van der Waals surface area contributed by atoms with Gasteiger partial charge in [-0.05, 0) is 32.7 Å². The van der Waals surface area contributed by atoms with Crippen molar-refractivity contribution < 1.29 is 9.94 Å². The second-order valence-electron chi connectivity index (χ2n) is 6.25. The summed E-state index contributed by atoms with van der Waals surface area (Å²) in [5.41, 5.74) is 5.81. The Morgan fingerprint density at radius 1 is 1.53 bits per heavy atom. The predicted molar refractivity (Wildman–Crippen MR) is 75.4 cm³/mol. The molecule has 1 saturated carbocycles. The Morgan fingerprint density at radius 2 is 2.21 bits per heavy atom.